The number of carbonyl (C=O) groups is 1. The quantitative estimate of drug-likeness (QED) is 0.709. The topological polar surface area (TPSA) is 55.6 Å². The molecule has 1 aliphatic heterocycles. The molecule has 82 valence electrons. The lowest BCUT2D eigenvalue weighted by atomic mass is 10.1. The van der Waals surface area contributed by atoms with Crippen LogP contribution in [0.4, 0.5) is 0 Å². The van der Waals surface area contributed by atoms with E-state index >= 15 is 0 Å². The Hall–Kier alpha value is -0.610. The van der Waals surface area contributed by atoms with Gasteiger partial charge in [0.1, 0.15) is 0 Å². The Balaban J connectivity index is 2.56. The van der Waals surface area contributed by atoms with Crippen LogP contribution >= 0.6 is 0 Å². The minimum Gasteiger partial charge on any atom is -0.379 e. The van der Waals surface area contributed by atoms with Gasteiger partial charge < -0.3 is 15.4 Å². The van der Waals surface area contributed by atoms with Gasteiger partial charge in [0.05, 0.1) is 25.7 Å². The van der Waals surface area contributed by atoms with Crippen LogP contribution < -0.4 is 5.73 Å². The highest BCUT2D eigenvalue weighted by Crippen LogP contribution is 2.10. The Morgan fingerprint density at radius 3 is 3.07 bits per heavy atom. The van der Waals surface area contributed by atoms with Crippen LogP contribution in [0.2, 0.25) is 0 Å². The predicted octanol–water partition coefficient (Wildman–Crippen LogP) is 0.219. The fourth-order valence-corrected chi connectivity index (χ4v) is 1.58. The molecule has 0 aromatic rings. The van der Waals surface area contributed by atoms with Crippen LogP contribution in [-0.4, -0.2) is 43.2 Å². The summed E-state index contributed by atoms with van der Waals surface area (Å²) >= 11 is 0. The molecular weight excluding hydrogens is 180 g/mol. The van der Waals surface area contributed by atoms with Crippen molar-refractivity contribution in [3.8, 4) is 0 Å². The van der Waals surface area contributed by atoms with Crippen LogP contribution in [0.25, 0.3) is 0 Å². The van der Waals surface area contributed by atoms with Crippen LogP contribution in [0.15, 0.2) is 0 Å². The highest BCUT2D eigenvalue weighted by molar-refractivity contribution is 5.76. The molecular formula is C10H20N2O2. The Bertz CT molecular complexity index is 197. The molecule has 1 fully saturated rings. The summed E-state index contributed by atoms with van der Waals surface area (Å²) < 4.78 is 5.33. The number of amides is 1. The van der Waals surface area contributed by atoms with Gasteiger partial charge in [-0.1, -0.05) is 6.92 Å². The second kappa shape index (κ2) is 5.32. The maximum atomic E-state index is 11.7. The first kappa shape index (κ1) is 11.5. The van der Waals surface area contributed by atoms with Gasteiger partial charge in [0.15, 0.2) is 0 Å². The third-order valence-electron chi connectivity index (χ3n) is 2.58. The van der Waals surface area contributed by atoms with Gasteiger partial charge in [-0.15, -0.1) is 0 Å². The SMILES string of the molecule is CC(CN)CN1C(=O)CCOCC1C. The van der Waals surface area contributed by atoms with E-state index in [1.54, 1.807) is 0 Å². The van der Waals surface area contributed by atoms with Crippen LogP contribution in [0.5, 0.6) is 0 Å². The number of hydrogen-bond acceptors (Lipinski definition) is 3. The first-order chi connectivity index (χ1) is 6.65. The number of nitrogens with zero attached hydrogens (tertiary/aromatic N) is 1. The molecule has 4 nitrogen and oxygen atoms in total. The molecule has 0 aromatic carbocycles. The van der Waals surface area contributed by atoms with Crippen molar-refractivity contribution >= 4 is 5.91 Å². The van der Waals surface area contributed by atoms with Crippen molar-refractivity contribution in [2.45, 2.75) is 26.3 Å². The first-order valence-corrected chi connectivity index (χ1v) is 5.22. The molecule has 1 aliphatic rings. The summed E-state index contributed by atoms with van der Waals surface area (Å²) in [6.45, 7) is 6.65. The fraction of sp³-hybridized carbons (Fsp3) is 0.900. The van der Waals surface area contributed by atoms with Gasteiger partial charge in [0.25, 0.3) is 0 Å². The van der Waals surface area contributed by atoms with Gasteiger partial charge in [-0.2, -0.15) is 0 Å². The maximum Gasteiger partial charge on any atom is 0.225 e. The predicted molar refractivity (Wildman–Crippen MR) is 54.8 cm³/mol. The number of rotatable bonds is 3. The van der Waals surface area contributed by atoms with E-state index in [0.29, 0.717) is 32.1 Å². The van der Waals surface area contributed by atoms with E-state index in [-0.39, 0.29) is 11.9 Å². The van der Waals surface area contributed by atoms with E-state index in [2.05, 4.69) is 6.92 Å². The minimum atomic E-state index is 0.180. The molecule has 1 amide bonds. The van der Waals surface area contributed by atoms with Crippen molar-refractivity contribution in [3.63, 3.8) is 0 Å². The summed E-state index contributed by atoms with van der Waals surface area (Å²) in [5, 5.41) is 0. The fourth-order valence-electron chi connectivity index (χ4n) is 1.58. The summed E-state index contributed by atoms with van der Waals surface area (Å²) in [5.41, 5.74) is 5.55. The van der Waals surface area contributed by atoms with Crippen molar-refractivity contribution in [2.75, 3.05) is 26.3 Å². The first-order valence-electron chi connectivity index (χ1n) is 5.22. The largest absolute Gasteiger partial charge is 0.379 e. The summed E-state index contributed by atoms with van der Waals surface area (Å²) in [6.07, 6.45) is 0.502. The molecule has 1 rings (SSSR count). The third kappa shape index (κ3) is 2.96. The Kier molecular flexibility index (Phi) is 4.35. The average Bonchev–Trinajstić information content (AvgIpc) is 2.32. The van der Waals surface area contributed by atoms with E-state index in [9.17, 15) is 4.79 Å². The van der Waals surface area contributed by atoms with Gasteiger partial charge in [0, 0.05) is 6.54 Å². The molecule has 1 heterocycles. The van der Waals surface area contributed by atoms with E-state index in [1.165, 1.54) is 0 Å². The molecule has 0 aromatic heterocycles. The monoisotopic (exact) mass is 200 g/mol. The number of nitrogens with two attached hydrogens (primary N) is 1. The summed E-state index contributed by atoms with van der Waals surface area (Å²) in [5.74, 6) is 0.551. The van der Waals surface area contributed by atoms with Crippen LogP contribution in [0.1, 0.15) is 20.3 Å². The van der Waals surface area contributed by atoms with Gasteiger partial charge >= 0.3 is 0 Å². The highest BCUT2D eigenvalue weighted by atomic mass is 16.5. The zero-order valence-corrected chi connectivity index (χ0v) is 9.03. The summed E-state index contributed by atoms with van der Waals surface area (Å²) in [4.78, 5) is 13.6. The van der Waals surface area contributed by atoms with Crippen molar-refractivity contribution in [3.05, 3.63) is 0 Å². The summed E-state index contributed by atoms with van der Waals surface area (Å²) in [6, 6.07) is 0.180. The molecule has 0 aliphatic carbocycles. The molecule has 2 atom stereocenters. The molecule has 0 bridgehead atoms. The Morgan fingerprint density at radius 1 is 1.71 bits per heavy atom. The molecule has 0 radical (unpaired) electrons. The van der Waals surface area contributed by atoms with Gasteiger partial charge in [-0.3, -0.25) is 4.79 Å². The van der Waals surface area contributed by atoms with Crippen molar-refractivity contribution in [1.82, 2.24) is 4.90 Å². The van der Waals surface area contributed by atoms with Gasteiger partial charge in [-0.05, 0) is 19.4 Å². The van der Waals surface area contributed by atoms with Crippen molar-refractivity contribution in [1.29, 1.82) is 0 Å². The molecule has 0 saturated carbocycles. The second-order valence-electron chi connectivity index (χ2n) is 4.06. The molecule has 2 unspecified atom stereocenters. The van der Waals surface area contributed by atoms with Gasteiger partial charge in [-0.25, -0.2) is 0 Å². The second-order valence-corrected chi connectivity index (χ2v) is 4.06. The zero-order valence-electron chi connectivity index (χ0n) is 9.03. The van der Waals surface area contributed by atoms with Gasteiger partial charge in [0.2, 0.25) is 5.91 Å². The lowest BCUT2D eigenvalue weighted by Crippen LogP contribution is -2.42. The lowest BCUT2D eigenvalue weighted by Gasteiger charge is -2.28. The van der Waals surface area contributed by atoms with E-state index in [4.69, 9.17) is 10.5 Å². The minimum absolute atomic E-state index is 0.180. The Morgan fingerprint density at radius 2 is 2.43 bits per heavy atom. The number of hydrogen-bond donors (Lipinski definition) is 1. The smallest absolute Gasteiger partial charge is 0.225 e. The highest BCUT2D eigenvalue weighted by Gasteiger charge is 2.24. The van der Waals surface area contributed by atoms with Crippen molar-refractivity contribution < 1.29 is 9.53 Å². The molecule has 4 heteroatoms. The number of carbonyl (C=O) groups excluding carboxylic acids is 1. The Labute approximate surface area is 85.4 Å². The van der Waals surface area contributed by atoms with Crippen molar-refractivity contribution in [2.24, 2.45) is 11.7 Å². The lowest BCUT2D eigenvalue weighted by molar-refractivity contribution is -0.132. The maximum absolute atomic E-state index is 11.7. The third-order valence-corrected chi connectivity index (χ3v) is 2.58. The van der Waals surface area contributed by atoms with Crippen LogP contribution in [-0.2, 0) is 9.53 Å². The zero-order chi connectivity index (χ0) is 10.6. The van der Waals surface area contributed by atoms with Crippen LogP contribution in [0, 0.1) is 5.92 Å². The van der Waals surface area contributed by atoms with E-state index in [0.717, 1.165) is 6.54 Å². The molecule has 2 N–H and O–H groups in total. The average molecular weight is 200 g/mol. The van der Waals surface area contributed by atoms with E-state index < -0.39 is 0 Å². The standard InChI is InChI=1S/C10H20N2O2/c1-8(5-11)6-12-9(2)7-14-4-3-10(12)13/h8-9H,3-7,11H2,1-2H3. The number of ether oxygens (including phenoxy) is 1. The van der Waals surface area contributed by atoms with Crippen LogP contribution in [0.3, 0.4) is 0 Å². The van der Waals surface area contributed by atoms with E-state index in [1.807, 2.05) is 11.8 Å². The normalized spacial score (nSPS) is 26.1. The molecule has 14 heavy (non-hydrogen) atoms. The molecule has 0 spiro atoms. The summed E-state index contributed by atoms with van der Waals surface area (Å²) in [7, 11) is 0. The molecule has 1 saturated heterocycles.